The Balaban J connectivity index is 1.48. The average molecular weight is 401 g/mol. The third kappa shape index (κ3) is 4.00. The van der Waals surface area contributed by atoms with Crippen LogP contribution in [0.3, 0.4) is 0 Å². The zero-order chi connectivity index (χ0) is 20.5. The van der Waals surface area contributed by atoms with E-state index < -0.39 is 0 Å². The second-order valence-corrected chi connectivity index (χ2v) is 8.58. The SMILES string of the molecule is CC(=O)N1C[C@H]2C[C@@H](C1)[C@H](CNC(=O)Cc1ccccc1F)N1C(=O)CCC[C@@H]21. The van der Waals surface area contributed by atoms with E-state index in [1.54, 1.807) is 25.1 Å². The van der Waals surface area contributed by atoms with E-state index in [9.17, 15) is 18.8 Å². The molecular formula is C22H28FN3O3. The molecule has 7 heteroatoms. The molecule has 6 nitrogen and oxygen atoms in total. The summed E-state index contributed by atoms with van der Waals surface area (Å²) >= 11 is 0. The van der Waals surface area contributed by atoms with E-state index in [1.807, 2.05) is 9.80 Å². The first-order chi connectivity index (χ1) is 13.9. The molecule has 2 bridgehead atoms. The topological polar surface area (TPSA) is 69.7 Å². The number of hydrogen-bond acceptors (Lipinski definition) is 3. The van der Waals surface area contributed by atoms with Crippen molar-refractivity contribution in [2.75, 3.05) is 19.6 Å². The number of nitrogens with zero attached hydrogens (tertiary/aromatic N) is 2. The smallest absolute Gasteiger partial charge is 0.224 e. The Hall–Kier alpha value is -2.44. The van der Waals surface area contributed by atoms with Gasteiger partial charge in [-0.3, -0.25) is 14.4 Å². The van der Waals surface area contributed by atoms with Crippen molar-refractivity contribution in [3.05, 3.63) is 35.6 Å². The number of piperidine rings is 3. The summed E-state index contributed by atoms with van der Waals surface area (Å²) in [6.07, 6.45) is 3.34. The van der Waals surface area contributed by atoms with Gasteiger partial charge < -0.3 is 15.1 Å². The van der Waals surface area contributed by atoms with Crippen LogP contribution >= 0.6 is 0 Å². The number of carbonyl (C=O) groups excluding carboxylic acids is 3. The number of amides is 3. The quantitative estimate of drug-likeness (QED) is 0.836. The molecule has 0 aromatic heterocycles. The Labute approximate surface area is 170 Å². The number of hydrogen-bond donors (Lipinski definition) is 1. The van der Waals surface area contributed by atoms with Crippen LogP contribution in [0.2, 0.25) is 0 Å². The molecule has 4 atom stereocenters. The van der Waals surface area contributed by atoms with E-state index >= 15 is 0 Å². The zero-order valence-electron chi connectivity index (χ0n) is 16.8. The molecule has 3 saturated heterocycles. The predicted octanol–water partition coefficient (Wildman–Crippen LogP) is 1.73. The van der Waals surface area contributed by atoms with Crippen molar-refractivity contribution in [1.29, 1.82) is 0 Å². The van der Waals surface area contributed by atoms with Crippen LogP contribution in [0.4, 0.5) is 4.39 Å². The molecule has 156 valence electrons. The zero-order valence-corrected chi connectivity index (χ0v) is 16.8. The van der Waals surface area contributed by atoms with Gasteiger partial charge in [0.15, 0.2) is 0 Å². The maximum absolute atomic E-state index is 13.8. The van der Waals surface area contributed by atoms with Crippen molar-refractivity contribution in [3.63, 3.8) is 0 Å². The largest absolute Gasteiger partial charge is 0.354 e. The average Bonchev–Trinajstić information content (AvgIpc) is 2.70. The molecular weight excluding hydrogens is 373 g/mol. The van der Waals surface area contributed by atoms with Crippen molar-refractivity contribution in [2.45, 2.75) is 51.1 Å². The van der Waals surface area contributed by atoms with Gasteiger partial charge in [-0.2, -0.15) is 0 Å². The van der Waals surface area contributed by atoms with Crippen LogP contribution in [0, 0.1) is 17.7 Å². The molecule has 3 aliphatic rings. The van der Waals surface area contributed by atoms with Crippen molar-refractivity contribution in [1.82, 2.24) is 15.1 Å². The molecule has 0 saturated carbocycles. The van der Waals surface area contributed by atoms with Crippen LogP contribution in [0.5, 0.6) is 0 Å². The molecule has 0 aliphatic carbocycles. The Morgan fingerprint density at radius 1 is 1.21 bits per heavy atom. The Morgan fingerprint density at radius 3 is 2.72 bits per heavy atom. The van der Waals surface area contributed by atoms with Crippen molar-refractivity contribution >= 4 is 17.7 Å². The number of likely N-dealkylation sites (tertiary alicyclic amines) is 1. The standard InChI is InChI=1S/C22H28FN3O3/c1-14(27)25-12-16-9-17(13-25)20(26-19(16)7-4-8-22(26)29)11-24-21(28)10-15-5-2-3-6-18(15)23/h2-3,5-6,16-17,19-20H,4,7-13H2,1H3,(H,24,28)/t16-,17+,19+,20+/m1/s1. The van der Waals surface area contributed by atoms with E-state index in [1.165, 1.54) is 6.07 Å². The second kappa shape index (κ2) is 8.13. The molecule has 4 rings (SSSR count). The number of rotatable bonds is 4. The van der Waals surface area contributed by atoms with Gasteiger partial charge in [0.25, 0.3) is 0 Å². The fourth-order valence-electron chi connectivity index (χ4n) is 5.39. The fraction of sp³-hybridized carbons (Fsp3) is 0.591. The van der Waals surface area contributed by atoms with Crippen LogP contribution in [-0.2, 0) is 20.8 Å². The third-order valence-electron chi connectivity index (χ3n) is 6.76. The lowest BCUT2D eigenvalue weighted by Crippen LogP contribution is -2.67. The monoisotopic (exact) mass is 401 g/mol. The molecule has 3 heterocycles. The Morgan fingerprint density at radius 2 is 1.97 bits per heavy atom. The normalized spacial score (nSPS) is 28.7. The summed E-state index contributed by atoms with van der Waals surface area (Å²) in [4.78, 5) is 41.1. The fourth-order valence-corrected chi connectivity index (χ4v) is 5.39. The van der Waals surface area contributed by atoms with Crippen LogP contribution in [-0.4, -0.2) is 59.2 Å². The van der Waals surface area contributed by atoms with Gasteiger partial charge in [-0.15, -0.1) is 0 Å². The minimum Gasteiger partial charge on any atom is -0.354 e. The van der Waals surface area contributed by atoms with Crippen LogP contribution in [0.25, 0.3) is 0 Å². The summed E-state index contributed by atoms with van der Waals surface area (Å²) in [7, 11) is 0. The Kier molecular flexibility index (Phi) is 5.56. The molecule has 3 amide bonds. The lowest BCUT2D eigenvalue weighted by atomic mass is 9.72. The number of benzene rings is 1. The summed E-state index contributed by atoms with van der Waals surface area (Å²) in [5.74, 6) is 0.0476. The van der Waals surface area contributed by atoms with Crippen molar-refractivity contribution < 1.29 is 18.8 Å². The van der Waals surface area contributed by atoms with Crippen LogP contribution in [0.15, 0.2) is 24.3 Å². The summed E-state index contributed by atoms with van der Waals surface area (Å²) < 4.78 is 13.8. The van der Waals surface area contributed by atoms with E-state index in [0.29, 0.717) is 37.5 Å². The molecule has 1 aromatic carbocycles. The van der Waals surface area contributed by atoms with Gasteiger partial charge in [0, 0.05) is 39.0 Å². The summed E-state index contributed by atoms with van der Waals surface area (Å²) in [5, 5.41) is 2.93. The number of halogens is 1. The lowest BCUT2D eigenvalue weighted by molar-refractivity contribution is -0.156. The maximum atomic E-state index is 13.8. The number of fused-ring (bicyclic) bond motifs is 4. The summed E-state index contributed by atoms with van der Waals surface area (Å²) in [5.41, 5.74) is 0.362. The van der Waals surface area contributed by atoms with Gasteiger partial charge in [0.1, 0.15) is 5.82 Å². The van der Waals surface area contributed by atoms with Crippen LogP contribution < -0.4 is 5.32 Å². The van der Waals surface area contributed by atoms with E-state index in [-0.39, 0.29) is 48.0 Å². The van der Waals surface area contributed by atoms with E-state index in [0.717, 1.165) is 19.3 Å². The van der Waals surface area contributed by atoms with Crippen molar-refractivity contribution in [2.24, 2.45) is 11.8 Å². The van der Waals surface area contributed by atoms with Crippen LogP contribution in [0.1, 0.15) is 38.2 Å². The first-order valence-corrected chi connectivity index (χ1v) is 10.5. The highest BCUT2D eigenvalue weighted by atomic mass is 19.1. The van der Waals surface area contributed by atoms with Gasteiger partial charge in [-0.25, -0.2) is 4.39 Å². The number of carbonyl (C=O) groups is 3. The highest BCUT2D eigenvalue weighted by Crippen LogP contribution is 2.41. The summed E-state index contributed by atoms with van der Waals surface area (Å²) in [6, 6.07) is 6.29. The first-order valence-electron chi connectivity index (χ1n) is 10.5. The van der Waals surface area contributed by atoms with Gasteiger partial charge in [0.2, 0.25) is 17.7 Å². The van der Waals surface area contributed by atoms with Gasteiger partial charge in [-0.1, -0.05) is 18.2 Å². The Bertz CT molecular complexity index is 814. The van der Waals surface area contributed by atoms with Gasteiger partial charge >= 0.3 is 0 Å². The predicted molar refractivity (Wildman–Crippen MR) is 105 cm³/mol. The van der Waals surface area contributed by atoms with Gasteiger partial charge in [-0.05, 0) is 42.7 Å². The maximum Gasteiger partial charge on any atom is 0.224 e. The second-order valence-electron chi connectivity index (χ2n) is 8.58. The molecule has 3 aliphatic heterocycles. The molecule has 0 spiro atoms. The minimum absolute atomic E-state index is 0.0242. The van der Waals surface area contributed by atoms with E-state index in [4.69, 9.17) is 0 Å². The highest BCUT2D eigenvalue weighted by Gasteiger charge is 2.49. The molecule has 0 unspecified atom stereocenters. The van der Waals surface area contributed by atoms with E-state index in [2.05, 4.69) is 5.32 Å². The summed E-state index contributed by atoms with van der Waals surface area (Å²) in [6.45, 7) is 3.28. The molecule has 29 heavy (non-hydrogen) atoms. The molecule has 1 aromatic rings. The highest BCUT2D eigenvalue weighted by molar-refractivity contribution is 5.80. The minimum atomic E-state index is -0.390. The first kappa shape index (κ1) is 19.9. The molecule has 1 N–H and O–H groups in total. The lowest BCUT2D eigenvalue weighted by Gasteiger charge is -2.56. The molecule has 0 radical (unpaired) electrons. The number of nitrogens with one attached hydrogen (secondary N) is 1. The van der Waals surface area contributed by atoms with Crippen molar-refractivity contribution in [3.8, 4) is 0 Å². The molecule has 3 fully saturated rings. The van der Waals surface area contributed by atoms with Gasteiger partial charge in [0.05, 0.1) is 12.5 Å². The third-order valence-corrected chi connectivity index (χ3v) is 6.76.